The molecule has 3 rings (SSSR count). The van der Waals surface area contributed by atoms with E-state index in [-0.39, 0.29) is 18.2 Å². The molecule has 124 valence electrons. The molecule has 4 nitrogen and oxygen atoms in total. The Morgan fingerprint density at radius 1 is 1.17 bits per heavy atom. The van der Waals surface area contributed by atoms with E-state index in [1.165, 1.54) is 11.8 Å². The van der Waals surface area contributed by atoms with Crippen LogP contribution < -0.4 is 10.2 Å². The summed E-state index contributed by atoms with van der Waals surface area (Å²) in [5, 5.41) is 3.49. The summed E-state index contributed by atoms with van der Waals surface area (Å²) in [6.07, 6.45) is 0.259. The van der Waals surface area contributed by atoms with Gasteiger partial charge in [-0.2, -0.15) is 0 Å². The number of thioether (sulfide) groups is 1. The van der Waals surface area contributed by atoms with Crippen LogP contribution in [0.15, 0.2) is 53.4 Å². The van der Waals surface area contributed by atoms with Crippen LogP contribution in [-0.2, 0) is 16.1 Å². The number of hydrogen-bond acceptors (Lipinski definition) is 3. The third kappa shape index (κ3) is 3.91. The smallest absolute Gasteiger partial charge is 0.237 e. The van der Waals surface area contributed by atoms with Gasteiger partial charge in [-0.3, -0.25) is 9.59 Å². The molecule has 0 atom stereocenters. The van der Waals surface area contributed by atoms with Crippen LogP contribution in [0.2, 0.25) is 5.02 Å². The summed E-state index contributed by atoms with van der Waals surface area (Å²) in [5.41, 5.74) is 1.76. The number of fused-ring (bicyclic) bond motifs is 1. The number of halogens is 1. The maximum atomic E-state index is 12.1. The number of hydrogen-bond donors (Lipinski definition) is 1. The Balaban J connectivity index is 1.57. The van der Waals surface area contributed by atoms with Crippen LogP contribution in [-0.4, -0.2) is 24.1 Å². The third-order valence-electron chi connectivity index (χ3n) is 3.80. The second-order valence-electron chi connectivity index (χ2n) is 5.42. The quantitative estimate of drug-likeness (QED) is 0.888. The average Bonchev–Trinajstić information content (AvgIpc) is 2.60. The number of benzene rings is 2. The maximum Gasteiger partial charge on any atom is 0.237 e. The molecule has 1 aliphatic heterocycles. The highest BCUT2D eigenvalue weighted by atomic mass is 35.5. The Morgan fingerprint density at radius 3 is 2.75 bits per heavy atom. The van der Waals surface area contributed by atoms with Crippen molar-refractivity contribution in [3.05, 3.63) is 59.1 Å². The summed E-state index contributed by atoms with van der Waals surface area (Å²) in [7, 11) is 0. The molecule has 0 bridgehead atoms. The van der Waals surface area contributed by atoms with Gasteiger partial charge in [-0.1, -0.05) is 41.9 Å². The van der Waals surface area contributed by atoms with Crippen molar-refractivity contribution in [1.82, 2.24) is 5.32 Å². The summed E-state index contributed by atoms with van der Waals surface area (Å²) in [6.45, 7) is 0.768. The van der Waals surface area contributed by atoms with Crippen LogP contribution in [0, 0.1) is 0 Å². The molecule has 1 aliphatic rings. The number of para-hydroxylation sites is 1. The summed E-state index contributed by atoms with van der Waals surface area (Å²) >= 11 is 7.61. The second-order valence-corrected chi connectivity index (χ2v) is 6.84. The van der Waals surface area contributed by atoms with Gasteiger partial charge in [-0.25, -0.2) is 0 Å². The van der Waals surface area contributed by atoms with E-state index in [2.05, 4.69) is 5.32 Å². The van der Waals surface area contributed by atoms with Gasteiger partial charge in [0.05, 0.1) is 11.4 Å². The zero-order valence-corrected chi connectivity index (χ0v) is 14.6. The normalized spacial score (nSPS) is 13.5. The molecule has 0 unspecified atom stereocenters. The highest BCUT2D eigenvalue weighted by molar-refractivity contribution is 8.00. The zero-order chi connectivity index (χ0) is 16.9. The van der Waals surface area contributed by atoms with Crippen LogP contribution in [0.25, 0.3) is 0 Å². The fraction of sp³-hybridized carbons (Fsp3) is 0.222. The number of nitrogens with zero attached hydrogens (tertiary/aromatic N) is 1. The van der Waals surface area contributed by atoms with Gasteiger partial charge in [0, 0.05) is 29.4 Å². The van der Waals surface area contributed by atoms with Gasteiger partial charge < -0.3 is 10.2 Å². The molecule has 0 spiro atoms. The lowest BCUT2D eigenvalue weighted by Crippen LogP contribution is -2.38. The van der Waals surface area contributed by atoms with E-state index >= 15 is 0 Å². The molecule has 24 heavy (non-hydrogen) atoms. The van der Waals surface area contributed by atoms with Crippen molar-refractivity contribution >= 4 is 40.9 Å². The maximum absolute atomic E-state index is 12.1. The van der Waals surface area contributed by atoms with Gasteiger partial charge in [-0.05, 0) is 23.8 Å². The topological polar surface area (TPSA) is 49.4 Å². The van der Waals surface area contributed by atoms with E-state index in [0.717, 1.165) is 16.1 Å². The van der Waals surface area contributed by atoms with Crippen molar-refractivity contribution in [3.63, 3.8) is 0 Å². The number of anilines is 1. The minimum absolute atomic E-state index is 0.0394. The van der Waals surface area contributed by atoms with E-state index in [0.29, 0.717) is 23.9 Å². The lowest BCUT2D eigenvalue weighted by molar-refractivity contribution is -0.121. The Bertz CT molecular complexity index is 766. The molecule has 0 saturated heterocycles. The van der Waals surface area contributed by atoms with E-state index in [9.17, 15) is 9.59 Å². The van der Waals surface area contributed by atoms with Gasteiger partial charge in [0.1, 0.15) is 0 Å². The Kier molecular flexibility index (Phi) is 5.43. The van der Waals surface area contributed by atoms with E-state index in [1.807, 2.05) is 42.5 Å². The number of carbonyl (C=O) groups excluding carboxylic acids is 2. The first-order valence-corrected chi connectivity index (χ1v) is 9.04. The summed E-state index contributed by atoms with van der Waals surface area (Å²) in [5.74, 6) is 0.356. The van der Waals surface area contributed by atoms with Crippen LogP contribution in [0.4, 0.5) is 5.69 Å². The largest absolute Gasteiger partial charge is 0.352 e. The van der Waals surface area contributed by atoms with Gasteiger partial charge >= 0.3 is 0 Å². The van der Waals surface area contributed by atoms with Crippen LogP contribution in [0.5, 0.6) is 0 Å². The minimum Gasteiger partial charge on any atom is -0.352 e. The van der Waals surface area contributed by atoms with Crippen molar-refractivity contribution in [2.45, 2.75) is 17.9 Å². The molecule has 0 aromatic heterocycles. The standard InChI is InChI=1S/C18H17ClN2O2S/c19-14-6-2-1-5-13(14)11-20-17(22)9-10-21-15-7-3-4-8-16(15)24-12-18(21)23/h1-8H,9-12H2,(H,20,22). The number of nitrogens with one attached hydrogen (secondary N) is 1. The van der Waals surface area contributed by atoms with Crippen molar-refractivity contribution in [2.75, 3.05) is 17.2 Å². The van der Waals surface area contributed by atoms with Gasteiger partial charge in [0.2, 0.25) is 11.8 Å². The average molecular weight is 361 g/mol. The molecule has 1 N–H and O–H groups in total. The second kappa shape index (κ2) is 7.73. The lowest BCUT2D eigenvalue weighted by Gasteiger charge is -2.28. The van der Waals surface area contributed by atoms with Crippen LogP contribution >= 0.6 is 23.4 Å². The highest BCUT2D eigenvalue weighted by Crippen LogP contribution is 2.34. The van der Waals surface area contributed by atoms with Crippen LogP contribution in [0.1, 0.15) is 12.0 Å². The Labute approximate surface area is 150 Å². The van der Waals surface area contributed by atoms with Crippen molar-refractivity contribution in [3.8, 4) is 0 Å². The van der Waals surface area contributed by atoms with Crippen molar-refractivity contribution in [1.29, 1.82) is 0 Å². The van der Waals surface area contributed by atoms with Gasteiger partial charge in [0.25, 0.3) is 0 Å². The fourth-order valence-corrected chi connectivity index (χ4v) is 3.67. The van der Waals surface area contributed by atoms with E-state index < -0.39 is 0 Å². The first-order chi connectivity index (χ1) is 11.6. The SMILES string of the molecule is O=C(CCN1C(=O)CSc2ccccc21)NCc1ccccc1Cl. The Morgan fingerprint density at radius 2 is 1.92 bits per heavy atom. The molecular formula is C18H17ClN2O2S. The molecule has 2 amide bonds. The molecule has 1 heterocycles. The molecule has 0 saturated carbocycles. The molecular weight excluding hydrogens is 344 g/mol. The molecule has 0 aliphatic carbocycles. The first-order valence-electron chi connectivity index (χ1n) is 7.67. The fourth-order valence-electron chi connectivity index (χ4n) is 2.54. The Hall–Kier alpha value is -1.98. The summed E-state index contributed by atoms with van der Waals surface area (Å²) in [4.78, 5) is 27.0. The monoisotopic (exact) mass is 360 g/mol. The molecule has 6 heteroatoms. The summed E-state index contributed by atoms with van der Waals surface area (Å²) in [6, 6.07) is 15.2. The highest BCUT2D eigenvalue weighted by Gasteiger charge is 2.24. The lowest BCUT2D eigenvalue weighted by atomic mass is 10.2. The molecule has 2 aromatic carbocycles. The van der Waals surface area contributed by atoms with Gasteiger partial charge in [0.15, 0.2) is 0 Å². The first kappa shape index (κ1) is 16.9. The molecule has 2 aromatic rings. The van der Waals surface area contributed by atoms with E-state index in [4.69, 9.17) is 11.6 Å². The number of amides is 2. The summed E-state index contributed by atoms with van der Waals surface area (Å²) < 4.78 is 0. The molecule has 0 fully saturated rings. The predicted octanol–water partition coefficient (Wildman–Crippen LogP) is 3.49. The van der Waals surface area contributed by atoms with Crippen LogP contribution in [0.3, 0.4) is 0 Å². The van der Waals surface area contributed by atoms with Gasteiger partial charge in [-0.15, -0.1) is 11.8 Å². The number of carbonyl (C=O) groups is 2. The third-order valence-corrected chi connectivity index (χ3v) is 5.22. The van der Waals surface area contributed by atoms with E-state index in [1.54, 1.807) is 11.0 Å². The van der Waals surface area contributed by atoms with Crippen molar-refractivity contribution in [2.24, 2.45) is 0 Å². The predicted molar refractivity (Wildman–Crippen MR) is 97.4 cm³/mol. The number of rotatable bonds is 5. The minimum atomic E-state index is -0.0987. The molecule has 0 radical (unpaired) electrons. The van der Waals surface area contributed by atoms with Crippen molar-refractivity contribution < 1.29 is 9.59 Å². The zero-order valence-electron chi connectivity index (χ0n) is 13.0.